The van der Waals surface area contributed by atoms with E-state index in [9.17, 15) is 4.79 Å². The van der Waals surface area contributed by atoms with E-state index in [1.807, 2.05) is 35.2 Å². The van der Waals surface area contributed by atoms with Crippen molar-refractivity contribution in [3.8, 4) is 0 Å². The van der Waals surface area contributed by atoms with Gasteiger partial charge in [0.05, 0.1) is 0 Å². The topological polar surface area (TPSA) is 36.7 Å². The third-order valence-electron chi connectivity index (χ3n) is 5.02. The van der Waals surface area contributed by atoms with E-state index in [-0.39, 0.29) is 11.9 Å². The maximum Gasteiger partial charge on any atom is 0.289 e. The first-order valence-corrected chi connectivity index (χ1v) is 9.88. The highest BCUT2D eigenvalue weighted by Gasteiger charge is 2.37. The molecule has 0 bridgehead atoms. The molecule has 3 heterocycles. The van der Waals surface area contributed by atoms with E-state index in [2.05, 4.69) is 11.8 Å². The number of hydrogen-bond acceptors (Lipinski definition) is 4. The molecule has 2 aromatic rings. The summed E-state index contributed by atoms with van der Waals surface area (Å²) in [5.74, 6) is 0.428. The molecule has 1 aromatic carbocycles. The van der Waals surface area contributed by atoms with Crippen LogP contribution in [-0.4, -0.2) is 47.4 Å². The van der Waals surface area contributed by atoms with Gasteiger partial charge in [-0.3, -0.25) is 9.69 Å². The molecule has 0 spiro atoms. The molecule has 4 nitrogen and oxygen atoms in total. The van der Waals surface area contributed by atoms with Gasteiger partial charge in [0.15, 0.2) is 10.9 Å². The van der Waals surface area contributed by atoms with Gasteiger partial charge in [-0.1, -0.05) is 23.4 Å². The Morgan fingerprint density at radius 3 is 2.80 bits per heavy atom. The van der Waals surface area contributed by atoms with E-state index < -0.39 is 0 Å². The maximum absolute atomic E-state index is 12.9. The lowest BCUT2D eigenvalue weighted by molar-refractivity contribution is 0.0364. The van der Waals surface area contributed by atoms with Crippen LogP contribution < -0.4 is 0 Å². The zero-order valence-corrected chi connectivity index (χ0v) is 15.7. The highest BCUT2D eigenvalue weighted by Crippen LogP contribution is 2.31. The van der Waals surface area contributed by atoms with Gasteiger partial charge in [0, 0.05) is 35.1 Å². The Kier molecular flexibility index (Phi) is 4.80. The molecule has 2 aliphatic heterocycles. The molecule has 1 aromatic heterocycles. The Morgan fingerprint density at radius 2 is 2.00 bits per heavy atom. The molecular formula is C19H21ClN2O2S. The van der Waals surface area contributed by atoms with Crippen LogP contribution in [0.2, 0.25) is 5.02 Å². The number of carbonyl (C=O) groups is 1. The first kappa shape index (κ1) is 17.0. The minimum absolute atomic E-state index is 0.00186. The summed E-state index contributed by atoms with van der Waals surface area (Å²) in [4.78, 5) is 18.4. The molecule has 0 saturated carbocycles. The van der Waals surface area contributed by atoms with Gasteiger partial charge in [0.2, 0.25) is 0 Å². The second-order valence-electron chi connectivity index (χ2n) is 6.77. The summed E-state index contributed by atoms with van der Waals surface area (Å²) in [6, 6.07) is 12.0. The standard InChI is InChI=1S/C19H21ClN2O2S/c1-13-11-21-10-2-3-15(21)12-22(13)19(23)17-8-9-18(24-17)25-16-6-4-14(20)5-7-16/h4-9,13,15H,2-3,10-12H2,1H3. The lowest BCUT2D eigenvalue weighted by atomic mass is 10.1. The zero-order valence-electron chi connectivity index (χ0n) is 14.2. The van der Waals surface area contributed by atoms with Crippen LogP contribution in [0, 0.1) is 0 Å². The quantitative estimate of drug-likeness (QED) is 0.795. The largest absolute Gasteiger partial charge is 0.444 e. The normalized spacial score (nSPS) is 23.7. The Morgan fingerprint density at radius 1 is 1.20 bits per heavy atom. The average Bonchev–Trinajstić information content (AvgIpc) is 3.24. The second kappa shape index (κ2) is 7.06. The fourth-order valence-corrected chi connectivity index (χ4v) is 4.62. The number of piperazine rings is 1. The summed E-state index contributed by atoms with van der Waals surface area (Å²) < 4.78 is 5.82. The molecular weight excluding hydrogens is 356 g/mol. The zero-order chi connectivity index (χ0) is 17.4. The Bertz CT molecular complexity index is 761. The molecule has 2 atom stereocenters. The molecule has 2 saturated heterocycles. The third-order valence-corrected chi connectivity index (χ3v) is 6.20. The van der Waals surface area contributed by atoms with Gasteiger partial charge in [0.25, 0.3) is 5.91 Å². The van der Waals surface area contributed by atoms with Gasteiger partial charge >= 0.3 is 0 Å². The molecule has 25 heavy (non-hydrogen) atoms. The van der Waals surface area contributed by atoms with Crippen LogP contribution in [-0.2, 0) is 0 Å². The highest BCUT2D eigenvalue weighted by molar-refractivity contribution is 7.99. The molecule has 0 radical (unpaired) electrons. The summed E-state index contributed by atoms with van der Waals surface area (Å²) in [6.07, 6.45) is 2.42. The minimum Gasteiger partial charge on any atom is -0.444 e. The summed E-state index contributed by atoms with van der Waals surface area (Å²) in [5, 5.41) is 1.43. The van der Waals surface area contributed by atoms with Gasteiger partial charge < -0.3 is 9.32 Å². The predicted octanol–water partition coefficient (Wildman–Crippen LogP) is 4.39. The van der Waals surface area contributed by atoms with E-state index in [4.69, 9.17) is 16.0 Å². The van der Waals surface area contributed by atoms with Crippen molar-refractivity contribution in [2.75, 3.05) is 19.6 Å². The first-order valence-electron chi connectivity index (χ1n) is 8.68. The van der Waals surface area contributed by atoms with Gasteiger partial charge in [-0.25, -0.2) is 0 Å². The number of amides is 1. The summed E-state index contributed by atoms with van der Waals surface area (Å²) in [7, 11) is 0. The molecule has 4 rings (SSSR count). The van der Waals surface area contributed by atoms with Gasteiger partial charge in [0.1, 0.15) is 0 Å². The van der Waals surface area contributed by atoms with Crippen LogP contribution in [0.1, 0.15) is 30.3 Å². The molecule has 2 fully saturated rings. The molecule has 2 aliphatic rings. The average molecular weight is 377 g/mol. The molecule has 0 N–H and O–H groups in total. The number of halogens is 1. The number of furan rings is 1. The van der Waals surface area contributed by atoms with Crippen LogP contribution >= 0.6 is 23.4 Å². The Hall–Kier alpha value is -1.43. The predicted molar refractivity (Wildman–Crippen MR) is 99.4 cm³/mol. The lowest BCUT2D eigenvalue weighted by Crippen LogP contribution is -2.56. The van der Waals surface area contributed by atoms with Crippen molar-refractivity contribution in [1.29, 1.82) is 0 Å². The number of rotatable bonds is 3. The molecule has 6 heteroatoms. The van der Waals surface area contributed by atoms with Crippen molar-refractivity contribution in [1.82, 2.24) is 9.80 Å². The lowest BCUT2D eigenvalue weighted by Gasteiger charge is -2.41. The fourth-order valence-electron chi connectivity index (χ4n) is 3.72. The van der Waals surface area contributed by atoms with Crippen molar-refractivity contribution in [3.05, 3.63) is 47.2 Å². The van der Waals surface area contributed by atoms with Crippen molar-refractivity contribution in [3.63, 3.8) is 0 Å². The van der Waals surface area contributed by atoms with Crippen LogP contribution in [0.3, 0.4) is 0 Å². The summed E-state index contributed by atoms with van der Waals surface area (Å²) in [6.45, 7) is 5.06. The molecule has 1 amide bonds. The number of carbonyl (C=O) groups excluding carboxylic acids is 1. The van der Waals surface area contributed by atoms with Crippen LogP contribution in [0.4, 0.5) is 0 Å². The molecule has 2 unspecified atom stereocenters. The Labute approximate surface area is 157 Å². The van der Waals surface area contributed by atoms with E-state index in [1.54, 1.807) is 6.07 Å². The maximum atomic E-state index is 12.9. The van der Waals surface area contributed by atoms with Crippen LogP contribution in [0.15, 0.2) is 50.8 Å². The number of hydrogen-bond donors (Lipinski definition) is 0. The number of nitrogens with zero attached hydrogens (tertiary/aromatic N) is 2. The summed E-state index contributed by atoms with van der Waals surface area (Å²) in [5.41, 5.74) is 0. The summed E-state index contributed by atoms with van der Waals surface area (Å²) >= 11 is 7.41. The molecule has 132 valence electrons. The SMILES string of the molecule is CC1CN2CCCC2CN1C(=O)c1ccc(Sc2ccc(Cl)cc2)o1. The molecule has 0 aliphatic carbocycles. The van der Waals surface area contributed by atoms with E-state index >= 15 is 0 Å². The van der Waals surface area contributed by atoms with E-state index in [0.717, 1.165) is 23.1 Å². The minimum atomic E-state index is 0.00186. The monoisotopic (exact) mass is 376 g/mol. The van der Waals surface area contributed by atoms with E-state index in [1.165, 1.54) is 31.1 Å². The van der Waals surface area contributed by atoms with Crippen molar-refractivity contribution in [2.45, 2.75) is 41.8 Å². The van der Waals surface area contributed by atoms with E-state index in [0.29, 0.717) is 16.8 Å². The van der Waals surface area contributed by atoms with Gasteiger partial charge in [-0.05, 0) is 62.7 Å². The number of benzene rings is 1. The highest BCUT2D eigenvalue weighted by atomic mass is 35.5. The van der Waals surface area contributed by atoms with Crippen molar-refractivity contribution in [2.24, 2.45) is 0 Å². The van der Waals surface area contributed by atoms with Crippen LogP contribution in [0.25, 0.3) is 0 Å². The van der Waals surface area contributed by atoms with Crippen molar-refractivity contribution >= 4 is 29.3 Å². The first-order chi connectivity index (χ1) is 12.1. The van der Waals surface area contributed by atoms with Crippen molar-refractivity contribution < 1.29 is 9.21 Å². The smallest absolute Gasteiger partial charge is 0.289 e. The second-order valence-corrected chi connectivity index (χ2v) is 8.29. The van der Waals surface area contributed by atoms with Gasteiger partial charge in [-0.2, -0.15) is 0 Å². The van der Waals surface area contributed by atoms with Crippen LogP contribution in [0.5, 0.6) is 0 Å². The van der Waals surface area contributed by atoms with Gasteiger partial charge in [-0.15, -0.1) is 0 Å². The fraction of sp³-hybridized carbons (Fsp3) is 0.421. The number of fused-ring (bicyclic) bond motifs is 1. The third kappa shape index (κ3) is 3.59. The Balaban J connectivity index is 1.45.